The van der Waals surface area contributed by atoms with Crippen LogP contribution in [0.4, 0.5) is 10.1 Å². The summed E-state index contributed by atoms with van der Waals surface area (Å²) in [5.41, 5.74) is 7.32. The molecule has 0 fully saturated rings. The molecular weight excluding hydrogens is 316 g/mol. The summed E-state index contributed by atoms with van der Waals surface area (Å²) < 4.78 is 14.6. The van der Waals surface area contributed by atoms with Crippen molar-refractivity contribution in [2.75, 3.05) is 5.73 Å². The number of tetrazole rings is 1. The Kier molecular flexibility index (Phi) is 3.48. The Morgan fingerprint density at radius 1 is 1.10 bits per heavy atom. The zero-order valence-corrected chi connectivity index (χ0v) is 12.0. The van der Waals surface area contributed by atoms with E-state index < -0.39 is 5.82 Å². The first-order chi connectivity index (χ1) is 10.1. The van der Waals surface area contributed by atoms with E-state index >= 15 is 0 Å². The van der Waals surface area contributed by atoms with Crippen molar-refractivity contribution in [2.45, 2.75) is 0 Å². The first-order valence-corrected chi connectivity index (χ1v) is 6.61. The number of rotatable bonds is 2. The van der Waals surface area contributed by atoms with Gasteiger partial charge in [-0.15, -0.1) is 5.10 Å². The van der Waals surface area contributed by atoms with Crippen LogP contribution in [0, 0.1) is 5.82 Å². The van der Waals surface area contributed by atoms with Crippen LogP contribution >= 0.6 is 23.2 Å². The predicted octanol–water partition coefficient (Wildman–Crippen LogP) is 3.36. The lowest BCUT2D eigenvalue weighted by Gasteiger charge is -2.09. The van der Waals surface area contributed by atoms with E-state index in [0.717, 1.165) is 12.1 Å². The van der Waals surface area contributed by atoms with Gasteiger partial charge in [0.25, 0.3) is 0 Å². The molecule has 106 valence electrons. The normalized spacial score (nSPS) is 10.8. The third kappa shape index (κ3) is 2.55. The molecule has 0 bridgehead atoms. The lowest BCUT2D eigenvalue weighted by atomic mass is 10.2. The maximum absolute atomic E-state index is 13.3. The van der Waals surface area contributed by atoms with Gasteiger partial charge in [-0.2, -0.15) is 4.68 Å². The maximum Gasteiger partial charge on any atom is 0.187 e. The predicted molar refractivity (Wildman–Crippen MR) is 79.0 cm³/mol. The van der Waals surface area contributed by atoms with Crippen LogP contribution in [0.3, 0.4) is 0 Å². The van der Waals surface area contributed by atoms with E-state index in [2.05, 4.69) is 15.5 Å². The summed E-state index contributed by atoms with van der Waals surface area (Å²) >= 11 is 12.1. The third-order valence-corrected chi connectivity index (χ3v) is 3.38. The molecule has 1 heterocycles. The summed E-state index contributed by atoms with van der Waals surface area (Å²) in [6.45, 7) is 0. The quantitative estimate of drug-likeness (QED) is 0.734. The number of hydrogen-bond donors (Lipinski definition) is 1. The average Bonchev–Trinajstić information content (AvgIpc) is 2.86. The molecule has 0 atom stereocenters. The van der Waals surface area contributed by atoms with Crippen LogP contribution in [0.5, 0.6) is 0 Å². The SMILES string of the molecule is Nc1cccc(-c2nnnn2-c2c(Cl)cc(F)cc2Cl)c1. The summed E-state index contributed by atoms with van der Waals surface area (Å²) in [6.07, 6.45) is 0. The van der Waals surface area contributed by atoms with Gasteiger partial charge >= 0.3 is 0 Å². The Morgan fingerprint density at radius 3 is 2.48 bits per heavy atom. The van der Waals surface area contributed by atoms with Crippen molar-refractivity contribution in [3.8, 4) is 17.1 Å². The minimum absolute atomic E-state index is 0.109. The molecule has 0 spiro atoms. The van der Waals surface area contributed by atoms with Crippen LogP contribution in [0.2, 0.25) is 10.0 Å². The van der Waals surface area contributed by atoms with Crippen molar-refractivity contribution < 1.29 is 4.39 Å². The van der Waals surface area contributed by atoms with E-state index in [1.54, 1.807) is 24.3 Å². The molecule has 0 aliphatic heterocycles. The largest absolute Gasteiger partial charge is 0.399 e. The van der Waals surface area contributed by atoms with Gasteiger partial charge in [-0.25, -0.2) is 4.39 Å². The molecule has 0 aliphatic carbocycles. The van der Waals surface area contributed by atoms with Gasteiger partial charge in [-0.1, -0.05) is 35.3 Å². The second-order valence-electron chi connectivity index (χ2n) is 4.26. The molecule has 3 rings (SSSR count). The van der Waals surface area contributed by atoms with Gasteiger partial charge in [0.05, 0.1) is 10.0 Å². The molecule has 5 nitrogen and oxygen atoms in total. The molecule has 3 aromatic rings. The Morgan fingerprint density at radius 2 is 1.81 bits per heavy atom. The van der Waals surface area contributed by atoms with Gasteiger partial charge < -0.3 is 5.73 Å². The average molecular weight is 324 g/mol. The van der Waals surface area contributed by atoms with Crippen LogP contribution < -0.4 is 5.73 Å². The van der Waals surface area contributed by atoms with Crippen LogP contribution in [0.25, 0.3) is 17.1 Å². The zero-order chi connectivity index (χ0) is 15.0. The number of nitrogens with two attached hydrogens (primary N) is 1. The zero-order valence-electron chi connectivity index (χ0n) is 10.5. The molecule has 0 unspecified atom stereocenters. The molecule has 2 N–H and O–H groups in total. The topological polar surface area (TPSA) is 69.6 Å². The van der Waals surface area contributed by atoms with Gasteiger partial charge in [-0.3, -0.25) is 0 Å². The Labute approximate surface area is 129 Å². The molecule has 0 aliphatic rings. The van der Waals surface area contributed by atoms with Crippen molar-refractivity contribution in [3.05, 3.63) is 52.3 Å². The fourth-order valence-corrected chi connectivity index (χ4v) is 2.55. The molecular formula is C13H8Cl2FN5. The second-order valence-corrected chi connectivity index (χ2v) is 5.07. The molecule has 0 saturated carbocycles. The number of hydrogen-bond acceptors (Lipinski definition) is 4. The first kappa shape index (κ1) is 13.8. The summed E-state index contributed by atoms with van der Waals surface area (Å²) in [4.78, 5) is 0. The van der Waals surface area contributed by atoms with Gasteiger partial charge in [0.15, 0.2) is 5.82 Å². The maximum atomic E-state index is 13.3. The number of aromatic nitrogens is 4. The van der Waals surface area contributed by atoms with E-state index in [1.807, 2.05) is 0 Å². The highest BCUT2D eigenvalue weighted by Crippen LogP contribution is 2.32. The minimum Gasteiger partial charge on any atom is -0.399 e. The van der Waals surface area contributed by atoms with E-state index in [0.29, 0.717) is 22.8 Å². The Hall–Kier alpha value is -2.18. The number of halogens is 3. The highest BCUT2D eigenvalue weighted by molar-refractivity contribution is 6.37. The number of nitrogen functional groups attached to an aromatic ring is 1. The Bertz CT molecular complexity index is 795. The fraction of sp³-hybridized carbons (Fsp3) is 0. The summed E-state index contributed by atoms with van der Waals surface area (Å²) in [7, 11) is 0. The molecule has 2 aromatic carbocycles. The van der Waals surface area contributed by atoms with Gasteiger partial charge in [0.2, 0.25) is 0 Å². The van der Waals surface area contributed by atoms with Gasteiger partial charge in [0.1, 0.15) is 11.5 Å². The molecule has 8 heteroatoms. The molecule has 0 amide bonds. The first-order valence-electron chi connectivity index (χ1n) is 5.85. The smallest absolute Gasteiger partial charge is 0.187 e. The van der Waals surface area contributed by atoms with E-state index in [-0.39, 0.29) is 10.0 Å². The van der Waals surface area contributed by atoms with Crippen molar-refractivity contribution in [2.24, 2.45) is 0 Å². The van der Waals surface area contributed by atoms with E-state index in [1.165, 1.54) is 4.68 Å². The second kappa shape index (κ2) is 5.31. The van der Waals surface area contributed by atoms with Crippen molar-refractivity contribution in [1.29, 1.82) is 0 Å². The molecule has 21 heavy (non-hydrogen) atoms. The number of benzene rings is 2. The summed E-state index contributed by atoms with van der Waals surface area (Å²) in [6, 6.07) is 9.33. The lowest BCUT2D eigenvalue weighted by molar-refractivity contribution is 0.627. The van der Waals surface area contributed by atoms with Crippen LogP contribution in [-0.4, -0.2) is 20.2 Å². The highest BCUT2D eigenvalue weighted by atomic mass is 35.5. The van der Waals surface area contributed by atoms with Crippen LogP contribution in [-0.2, 0) is 0 Å². The van der Waals surface area contributed by atoms with Crippen LogP contribution in [0.1, 0.15) is 0 Å². The summed E-state index contributed by atoms with van der Waals surface area (Å²) in [5, 5.41) is 11.6. The number of nitrogens with zero attached hydrogens (tertiary/aromatic N) is 4. The molecule has 0 saturated heterocycles. The number of anilines is 1. The fourth-order valence-electron chi connectivity index (χ4n) is 1.93. The minimum atomic E-state index is -0.535. The Balaban J connectivity index is 2.21. The van der Waals surface area contributed by atoms with Crippen LogP contribution in [0.15, 0.2) is 36.4 Å². The van der Waals surface area contributed by atoms with Crippen molar-refractivity contribution in [1.82, 2.24) is 20.2 Å². The third-order valence-electron chi connectivity index (χ3n) is 2.81. The monoisotopic (exact) mass is 323 g/mol. The van der Waals surface area contributed by atoms with Gasteiger partial charge in [0, 0.05) is 11.3 Å². The standard InChI is InChI=1S/C13H8Cl2FN5/c14-10-5-8(16)6-11(15)12(10)21-13(18-19-20-21)7-2-1-3-9(17)4-7/h1-6H,17H2. The van der Waals surface area contributed by atoms with Crippen molar-refractivity contribution >= 4 is 28.9 Å². The van der Waals surface area contributed by atoms with E-state index in [4.69, 9.17) is 28.9 Å². The van der Waals surface area contributed by atoms with E-state index in [9.17, 15) is 4.39 Å². The summed E-state index contributed by atoms with van der Waals surface area (Å²) in [5.74, 6) is -0.134. The highest BCUT2D eigenvalue weighted by Gasteiger charge is 2.17. The molecule has 1 aromatic heterocycles. The molecule has 0 radical (unpaired) electrons. The van der Waals surface area contributed by atoms with Crippen molar-refractivity contribution in [3.63, 3.8) is 0 Å². The lowest BCUT2D eigenvalue weighted by Crippen LogP contribution is -2.02. The van der Waals surface area contributed by atoms with Gasteiger partial charge in [-0.05, 0) is 34.7 Å².